The van der Waals surface area contributed by atoms with Crippen LogP contribution >= 0.6 is 0 Å². The van der Waals surface area contributed by atoms with E-state index in [1.165, 1.54) is 29.5 Å². The molecule has 0 bridgehead atoms. The van der Waals surface area contributed by atoms with Crippen LogP contribution in [0.5, 0.6) is 0 Å². The van der Waals surface area contributed by atoms with Gasteiger partial charge in [-0.1, -0.05) is 57.2 Å². The summed E-state index contributed by atoms with van der Waals surface area (Å²) in [6, 6.07) is 10.6. The van der Waals surface area contributed by atoms with Gasteiger partial charge in [0.15, 0.2) is 0 Å². The summed E-state index contributed by atoms with van der Waals surface area (Å²) in [6.45, 7) is 8.58. The average Bonchev–Trinajstić information content (AvgIpc) is 2.52. The largest absolute Gasteiger partial charge is 0.264 e. The molecule has 20 heavy (non-hydrogen) atoms. The number of hydrogen-bond acceptors (Lipinski definition) is 1. The average molecular weight is 265 g/mol. The normalized spacial score (nSPS) is 12.1. The number of aromatic nitrogens is 1. The Labute approximate surface area is 122 Å². The minimum absolute atomic E-state index is 0.773. The zero-order valence-electron chi connectivity index (χ0n) is 12.5. The molecule has 2 aromatic rings. The van der Waals surface area contributed by atoms with Crippen LogP contribution in [0.3, 0.4) is 0 Å². The Morgan fingerprint density at radius 3 is 2.75 bits per heavy atom. The van der Waals surface area contributed by atoms with Gasteiger partial charge in [-0.2, -0.15) is 0 Å². The molecule has 0 fully saturated rings. The van der Waals surface area contributed by atoms with E-state index >= 15 is 0 Å². The summed E-state index contributed by atoms with van der Waals surface area (Å²) in [5.74, 6) is 0.773. The van der Waals surface area contributed by atoms with Gasteiger partial charge in [-0.05, 0) is 41.5 Å². The first kappa shape index (κ1) is 14.5. The van der Waals surface area contributed by atoms with Crippen molar-refractivity contribution in [3.63, 3.8) is 0 Å². The first-order valence-electron chi connectivity index (χ1n) is 7.41. The van der Waals surface area contributed by atoms with Gasteiger partial charge < -0.3 is 0 Å². The molecule has 0 aliphatic carbocycles. The molecule has 0 radical (unpaired) electrons. The van der Waals surface area contributed by atoms with E-state index in [4.69, 9.17) is 0 Å². The van der Waals surface area contributed by atoms with Crippen LogP contribution in [0.2, 0.25) is 0 Å². The molecule has 0 spiro atoms. The molecule has 0 N–H and O–H groups in total. The van der Waals surface area contributed by atoms with Crippen LogP contribution in [0.25, 0.3) is 17.2 Å². The van der Waals surface area contributed by atoms with Gasteiger partial charge in [0.2, 0.25) is 0 Å². The Hall–Kier alpha value is -1.89. The Morgan fingerprint density at radius 1 is 1.25 bits per heavy atom. The van der Waals surface area contributed by atoms with Crippen molar-refractivity contribution in [1.82, 2.24) is 4.98 Å². The zero-order chi connectivity index (χ0) is 14.4. The molecule has 1 atom stereocenters. The van der Waals surface area contributed by atoms with Crippen LogP contribution < -0.4 is 0 Å². The Bertz CT molecular complexity index is 557. The molecule has 1 heterocycles. The lowest BCUT2D eigenvalue weighted by atomic mass is 9.91. The fourth-order valence-corrected chi connectivity index (χ4v) is 2.45. The van der Waals surface area contributed by atoms with Crippen LogP contribution in [-0.4, -0.2) is 4.98 Å². The Balaban J connectivity index is 2.33. The highest BCUT2D eigenvalue weighted by Crippen LogP contribution is 2.28. The summed E-state index contributed by atoms with van der Waals surface area (Å²) in [5, 5.41) is 0. The second kappa shape index (κ2) is 7.04. The number of pyridine rings is 1. The maximum absolute atomic E-state index is 4.22. The number of hydrogen-bond donors (Lipinski definition) is 0. The van der Waals surface area contributed by atoms with Gasteiger partial charge in [-0.15, -0.1) is 0 Å². The van der Waals surface area contributed by atoms with E-state index in [9.17, 15) is 0 Å². The third-order valence-electron chi connectivity index (χ3n) is 3.98. The van der Waals surface area contributed by atoms with Crippen molar-refractivity contribution in [2.24, 2.45) is 5.92 Å². The van der Waals surface area contributed by atoms with Crippen LogP contribution in [0.4, 0.5) is 0 Å². The predicted octanol–water partition coefficient (Wildman–Crippen LogP) is 5.37. The molecule has 0 unspecified atom stereocenters. The highest BCUT2D eigenvalue weighted by molar-refractivity contribution is 5.76. The monoisotopic (exact) mass is 265 g/mol. The molecule has 1 aromatic carbocycles. The van der Waals surface area contributed by atoms with E-state index in [-0.39, 0.29) is 0 Å². The number of benzene rings is 1. The third kappa shape index (κ3) is 3.36. The molecule has 0 amide bonds. The second-order valence-corrected chi connectivity index (χ2v) is 5.38. The Kier molecular flexibility index (Phi) is 5.11. The molecule has 0 aliphatic rings. The van der Waals surface area contributed by atoms with E-state index in [1.807, 2.05) is 24.5 Å². The summed E-state index contributed by atoms with van der Waals surface area (Å²) < 4.78 is 0. The van der Waals surface area contributed by atoms with Crippen molar-refractivity contribution < 1.29 is 0 Å². The van der Waals surface area contributed by atoms with Gasteiger partial charge in [0.25, 0.3) is 0 Å². The third-order valence-corrected chi connectivity index (χ3v) is 3.98. The van der Waals surface area contributed by atoms with Crippen molar-refractivity contribution in [1.29, 1.82) is 0 Å². The Morgan fingerprint density at radius 2 is 2.10 bits per heavy atom. The molecule has 0 saturated heterocycles. The lowest BCUT2D eigenvalue weighted by Crippen LogP contribution is -1.98. The molecular formula is C19H23N. The number of aryl methyl sites for hydroxylation is 1. The maximum atomic E-state index is 4.22. The highest BCUT2D eigenvalue weighted by atomic mass is 14.6. The lowest BCUT2D eigenvalue weighted by Gasteiger charge is -2.14. The van der Waals surface area contributed by atoms with Gasteiger partial charge in [0, 0.05) is 18.0 Å². The van der Waals surface area contributed by atoms with E-state index < -0.39 is 0 Å². The standard InChI is InChI=1S/C19H23N/c1-4-15(3)11-12-16-8-6-10-19(18(16)5-2)17-9-7-13-20-14-17/h5-10,13-15H,2,4,11-12H2,1,3H3/t15-/m0/s1. The van der Waals surface area contributed by atoms with E-state index in [2.05, 4.69) is 49.7 Å². The van der Waals surface area contributed by atoms with Gasteiger partial charge in [0.05, 0.1) is 0 Å². The van der Waals surface area contributed by atoms with Crippen molar-refractivity contribution in [2.75, 3.05) is 0 Å². The number of rotatable bonds is 6. The van der Waals surface area contributed by atoms with Crippen molar-refractivity contribution in [2.45, 2.75) is 33.1 Å². The van der Waals surface area contributed by atoms with Crippen LogP contribution in [0, 0.1) is 5.92 Å². The highest BCUT2D eigenvalue weighted by Gasteiger charge is 2.08. The minimum atomic E-state index is 0.773. The van der Waals surface area contributed by atoms with E-state index in [1.54, 1.807) is 0 Å². The topological polar surface area (TPSA) is 12.9 Å². The molecule has 1 nitrogen and oxygen atoms in total. The molecule has 1 heteroatoms. The smallest absolute Gasteiger partial charge is 0.0346 e. The van der Waals surface area contributed by atoms with Crippen molar-refractivity contribution >= 4 is 6.08 Å². The van der Waals surface area contributed by atoms with Crippen LogP contribution in [0.1, 0.15) is 37.8 Å². The summed E-state index contributed by atoms with van der Waals surface area (Å²) in [4.78, 5) is 4.22. The fraction of sp³-hybridized carbons (Fsp3) is 0.316. The SMILES string of the molecule is C=Cc1c(CC[C@@H](C)CC)cccc1-c1cccnc1. The second-order valence-electron chi connectivity index (χ2n) is 5.38. The summed E-state index contributed by atoms with van der Waals surface area (Å²) >= 11 is 0. The first-order valence-corrected chi connectivity index (χ1v) is 7.41. The molecule has 2 rings (SSSR count). The zero-order valence-corrected chi connectivity index (χ0v) is 12.5. The van der Waals surface area contributed by atoms with Gasteiger partial charge in [0.1, 0.15) is 0 Å². The predicted molar refractivity (Wildman–Crippen MR) is 87.5 cm³/mol. The maximum Gasteiger partial charge on any atom is 0.0346 e. The van der Waals surface area contributed by atoms with Gasteiger partial charge in [-0.3, -0.25) is 4.98 Å². The van der Waals surface area contributed by atoms with Crippen molar-refractivity contribution in [3.8, 4) is 11.1 Å². The van der Waals surface area contributed by atoms with Crippen LogP contribution in [-0.2, 0) is 6.42 Å². The number of nitrogens with zero attached hydrogens (tertiary/aromatic N) is 1. The molecule has 0 saturated carbocycles. The summed E-state index contributed by atoms with van der Waals surface area (Å²) in [5.41, 5.74) is 5.04. The molecule has 1 aromatic heterocycles. The van der Waals surface area contributed by atoms with Crippen molar-refractivity contribution in [3.05, 3.63) is 60.4 Å². The fourth-order valence-electron chi connectivity index (χ4n) is 2.45. The van der Waals surface area contributed by atoms with E-state index in [0.29, 0.717) is 0 Å². The molecule has 0 aliphatic heterocycles. The summed E-state index contributed by atoms with van der Waals surface area (Å²) in [7, 11) is 0. The van der Waals surface area contributed by atoms with E-state index in [0.717, 1.165) is 17.9 Å². The quantitative estimate of drug-likeness (QED) is 0.684. The minimum Gasteiger partial charge on any atom is -0.264 e. The first-order chi connectivity index (χ1) is 9.76. The van der Waals surface area contributed by atoms with Gasteiger partial charge in [-0.25, -0.2) is 0 Å². The van der Waals surface area contributed by atoms with Gasteiger partial charge >= 0.3 is 0 Å². The molecule has 104 valence electrons. The molecular weight excluding hydrogens is 242 g/mol. The summed E-state index contributed by atoms with van der Waals surface area (Å²) in [6.07, 6.45) is 9.29. The lowest BCUT2D eigenvalue weighted by molar-refractivity contribution is 0.516. The van der Waals surface area contributed by atoms with Crippen LogP contribution in [0.15, 0.2) is 49.3 Å².